The summed E-state index contributed by atoms with van der Waals surface area (Å²) in [5.41, 5.74) is 0. The van der Waals surface area contributed by atoms with Crippen LogP contribution < -0.4 is 0 Å². The second-order valence-electron chi connectivity index (χ2n) is 7.16. The molecule has 0 saturated carbocycles. The standard InChI is InChI=1S/C19H38O6S/c1-5-8-10-17(11-9-6-2)15-25-19(20)18(26(21,22)23)12-13-24-14-16(4)7-3/h16-18H,5-15H2,1-4H3,(H,21,22,23). The topological polar surface area (TPSA) is 89.9 Å². The minimum Gasteiger partial charge on any atom is -0.464 e. The van der Waals surface area contributed by atoms with E-state index in [1.54, 1.807) is 0 Å². The molecule has 0 bridgehead atoms. The number of hydrogen-bond donors (Lipinski definition) is 1. The van der Waals surface area contributed by atoms with Crippen molar-refractivity contribution in [2.75, 3.05) is 19.8 Å². The highest BCUT2D eigenvalue weighted by atomic mass is 32.2. The zero-order valence-corrected chi connectivity index (χ0v) is 17.7. The number of ether oxygens (including phenoxy) is 2. The molecule has 26 heavy (non-hydrogen) atoms. The Morgan fingerprint density at radius 3 is 2.04 bits per heavy atom. The van der Waals surface area contributed by atoms with Gasteiger partial charge in [0.1, 0.15) is 0 Å². The smallest absolute Gasteiger partial charge is 0.326 e. The average molecular weight is 395 g/mol. The van der Waals surface area contributed by atoms with Gasteiger partial charge in [-0.25, -0.2) is 0 Å². The molecule has 0 aliphatic heterocycles. The number of carbonyl (C=O) groups is 1. The molecule has 0 spiro atoms. The molecule has 7 heteroatoms. The Balaban J connectivity index is 4.56. The third kappa shape index (κ3) is 11.9. The molecule has 0 rings (SSSR count). The van der Waals surface area contributed by atoms with Gasteiger partial charge in [0.15, 0.2) is 5.25 Å². The predicted octanol–water partition coefficient (Wildman–Crippen LogP) is 4.24. The second-order valence-corrected chi connectivity index (χ2v) is 8.76. The average Bonchev–Trinajstić information content (AvgIpc) is 2.59. The van der Waals surface area contributed by atoms with Crippen LogP contribution in [-0.4, -0.2) is 44.0 Å². The molecule has 0 radical (unpaired) electrons. The molecule has 0 aliphatic rings. The Kier molecular flexibility index (Phi) is 14.0. The van der Waals surface area contributed by atoms with Crippen LogP contribution in [0.15, 0.2) is 0 Å². The highest BCUT2D eigenvalue weighted by Crippen LogP contribution is 2.18. The van der Waals surface area contributed by atoms with Crippen LogP contribution >= 0.6 is 0 Å². The van der Waals surface area contributed by atoms with E-state index in [0.29, 0.717) is 12.5 Å². The van der Waals surface area contributed by atoms with Crippen molar-refractivity contribution in [3.63, 3.8) is 0 Å². The summed E-state index contributed by atoms with van der Waals surface area (Å²) >= 11 is 0. The van der Waals surface area contributed by atoms with Crippen molar-refractivity contribution in [2.24, 2.45) is 11.8 Å². The van der Waals surface area contributed by atoms with Gasteiger partial charge < -0.3 is 9.47 Å². The van der Waals surface area contributed by atoms with Crippen LogP contribution in [0.5, 0.6) is 0 Å². The van der Waals surface area contributed by atoms with Crippen molar-refractivity contribution in [2.45, 2.75) is 84.3 Å². The molecule has 0 amide bonds. The van der Waals surface area contributed by atoms with Gasteiger partial charge in [0.05, 0.1) is 6.61 Å². The van der Waals surface area contributed by atoms with Crippen LogP contribution in [0, 0.1) is 11.8 Å². The second kappa shape index (κ2) is 14.4. The lowest BCUT2D eigenvalue weighted by Crippen LogP contribution is -2.34. The molecule has 6 nitrogen and oxygen atoms in total. The zero-order chi connectivity index (χ0) is 20.0. The molecule has 0 saturated heterocycles. The maximum atomic E-state index is 12.2. The summed E-state index contributed by atoms with van der Waals surface area (Å²) in [6.45, 7) is 9.09. The molecule has 156 valence electrons. The highest BCUT2D eigenvalue weighted by molar-refractivity contribution is 7.87. The molecule has 2 unspecified atom stereocenters. The van der Waals surface area contributed by atoms with Gasteiger partial charge in [-0.1, -0.05) is 59.8 Å². The van der Waals surface area contributed by atoms with Crippen LogP contribution in [0.3, 0.4) is 0 Å². The third-order valence-electron chi connectivity index (χ3n) is 4.64. The third-order valence-corrected chi connectivity index (χ3v) is 5.79. The van der Waals surface area contributed by atoms with Crippen molar-refractivity contribution < 1.29 is 27.2 Å². The summed E-state index contributed by atoms with van der Waals surface area (Å²) in [5, 5.41) is -1.57. The quantitative estimate of drug-likeness (QED) is 0.239. The van der Waals surface area contributed by atoms with Gasteiger partial charge in [0, 0.05) is 19.6 Å². The first-order chi connectivity index (χ1) is 12.3. The predicted molar refractivity (Wildman–Crippen MR) is 104 cm³/mol. The van der Waals surface area contributed by atoms with E-state index >= 15 is 0 Å². The van der Waals surface area contributed by atoms with E-state index in [9.17, 15) is 17.8 Å². The van der Waals surface area contributed by atoms with Crippen molar-refractivity contribution >= 4 is 16.1 Å². The van der Waals surface area contributed by atoms with E-state index in [-0.39, 0.29) is 25.6 Å². The van der Waals surface area contributed by atoms with Gasteiger partial charge in [0.25, 0.3) is 10.1 Å². The monoisotopic (exact) mass is 394 g/mol. The Morgan fingerprint density at radius 1 is 1.00 bits per heavy atom. The van der Waals surface area contributed by atoms with Crippen molar-refractivity contribution in [1.29, 1.82) is 0 Å². The van der Waals surface area contributed by atoms with Crippen LogP contribution in [0.4, 0.5) is 0 Å². The first kappa shape index (κ1) is 25.3. The molecule has 0 aromatic heterocycles. The summed E-state index contributed by atoms with van der Waals surface area (Å²) < 4.78 is 43.1. The molecule has 0 fully saturated rings. The molecule has 0 aromatic carbocycles. The fraction of sp³-hybridized carbons (Fsp3) is 0.947. The lowest BCUT2D eigenvalue weighted by molar-refractivity contribution is -0.145. The number of hydrogen-bond acceptors (Lipinski definition) is 5. The van der Waals surface area contributed by atoms with Gasteiger partial charge in [-0.05, 0) is 24.7 Å². The molecular weight excluding hydrogens is 356 g/mol. The molecule has 2 atom stereocenters. The van der Waals surface area contributed by atoms with Crippen LogP contribution in [0.2, 0.25) is 0 Å². The Morgan fingerprint density at radius 2 is 1.58 bits per heavy atom. The Hall–Kier alpha value is -0.660. The molecule has 0 aliphatic carbocycles. The van der Waals surface area contributed by atoms with Crippen molar-refractivity contribution in [3.8, 4) is 0 Å². The van der Waals surface area contributed by atoms with Crippen molar-refractivity contribution in [1.82, 2.24) is 0 Å². The molecule has 0 aromatic rings. The van der Waals surface area contributed by atoms with E-state index < -0.39 is 21.3 Å². The summed E-state index contributed by atoms with van der Waals surface area (Å²) in [6, 6.07) is 0. The number of esters is 1. The van der Waals surface area contributed by atoms with Gasteiger partial charge in [-0.3, -0.25) is 9.35 Å². The summed E-state index contributed by atoms with van der Waals surface area (Å²) in [4.78, 5) is 12.2. The van der Waals surface area contributed by atoms with E-state index in [1.165, 1.54) is 0 Å². The maximum absolute atomic E-state index is 12.2. The lowest BCUT2D eigenvalue weighted by Gasteiger charge is -2.19. The van der Waals surface area contributed by atoms with Gasteiger partial charge >= 0.3 is 5.97 Å². The first-order valence-corrected chi connectivity index (χ1v) is 11.5. The summed E-state index contributed by atoms with van der Waals surface area (Å²) in [7, 11) is -4.51. The SMILES string of the molecule is CCCCC(CCCC)COC(=O)C(CCOCC(C)CC)S(=O)(=O)O. The first-order valence-electron chi connectivity index (χ1n) is 9.96. The summed E-state index contributed by atoms with van der Waals surface area (Å²) in [5.74, 6) is -0.274. The van der Waals surface area contributed by atoms with Crippen LogP contribution in [0.25, 0.3) is 0 Å². The van der Waals surface area contributed by atoms with Gasteiger partial charge in [0.2, 0.25) is 0 Å². The van der Waals surface area contributed by atoms with Gasteiger partial charge in [-0.2, -0.15) is 8.42 Å². The van der Waals surface area contributed by atoms with Crippen LogP contribution in [-0.2, 0) is 24.4 Å². The minimum absolute atomic E-state index is 0.0946. The zero-order valence-electron chi connectivity index (χ0n) is 16.9. The minimum atomic E-state index is -4.51. The van der Waals surface area contributed by atoms with E-state index in [1.807, 2.05) is 13.8 Å². The maximum Gasteiger partial charge on any atom is 0.326 e. The Labute approximate surface area is 159 Å². The largest absolute Gasteiger partial charge is 0.464 e. The van der Waals surface area contributed by atoms with Crippen molar-refractivity contribution in [3.05, 3.63) is 0 Å². The van der Waals surface area contributed by atoms with Gasteiger partial charge in [-0.15, -0.1) is 0 Å². The molecule has 0 heterocycles. The van der Waals surface area contributed by atoms with E-state index in [0.717, 1.165) is 44.9 Å². The molecule has 1 N–H and O–H groups in total. The van der Waals surface area contributed by atoms with E-state index in [2.05, 4.69) is 13.8 Å². The number of unbranched alkanes of at least 4 members (excludes halogenated alkanes) is 2. The fourth-order valence-corrected chi connectivity index (χ4v) is 3.28. The lowest BCUT2D eigenvalue weighted by atomic mass is 9.97. The van der Waals surface area contributed by atoms with E-state index in [4.69, 9.17) is 9.47 Å². The number of rotatable bonds is 16. The van der Waals surface area contributed by atoms with Crippen LogP contribution in [0.1, 0.15) is 79.1 Å². The fourth-order valence-electron chi connectivity index (χ4n) is 2.57. The number of carbonyl (C=O) groups excluding carboxylic acids is 1. The molecular formula is C19H38O6S. The summed E-state index contributed by atoms with van der Waals surface area (Å²) in [6.07, 6.45) is 7.02. The normalized spacial score (nSPS) is 14.4. The highest BCUT2D eigenvalue weighted by Gasteiger charge is 2.32. The Bertz CT molecular complexity index is 455.